The second-order valence-corrected chi connectivity index (χ2v) is 9.52. The van der Waals surface area contributed by atoms with Gasteiger partial charge in [0.05, 0.1) is 5.56 Å². The molecule has 9 heteroatoms. The highest BCUT2D eigenvalue weighted by molar-refractivity contribution is 6.16. The number of anilines is 2. The monoisotopic (exact) mass is 467 g/mol. The Kier molecular flexibility index (Phi) is 5.83. The van der Waals surface area contributed by atoms with E-state index in [-0.39, 0.29) is 17.2 Å². The number of benzene rings is 1. The number of nitrogens with zero attached hydrogens (tertiary/aromatic N) is 5. The third-order valence-electron chi connectivity index (χ3n) is 6.80. The van der Waals surface area contributed by atoms with Crippen molar-refractivity contribution in [1.82, 2.24) is 14.8 Å². The molecule has 0 N–H and O–H groups in total. The molecule has 0 unspecified atom stereocenters. The second-order valence-electron chi connectivity index (χ2n) is 9.52. The molecule has 1 aromatic carbocycles. The van der Waals surface area contributed by atoms with Crippen LogP contribution in [0.1, 0.15) is 41.0 Å². The van der Waals surface area contributed by atoms with Crippen LogP contribution < -0.4 is 9.80 Å². The summed E-state index contributed by atoms with van der Waals surface area (Å²) < 4.78 is 15.1. The number of pyridine rings is 1. The number of halogens is 1. The number of carbonyl (C=O) groups excluding carboxylic acids is 3. The van der Waals surface area contributed by atoms with Crippen LogP contribution in [0.3, 0.4) is 0 Å². The molecule has 4 amide bonds. The van der Waals surface area contributed by atoms with Crippen molar-refractivity contribution >= 4 is 29.4 Å². The zero-order chi connectivity index (χ0) is 24.9. The normalized spacial score (nSPS) is 18.2. The Morgan fingerprint density at radius 2 is 1.65 bits per heavy atom. The van der Waals surface area contributed by atoms with Crippen molar-refractivity contribution in [2.75, 3.05) is 43.0 Å². The minimum atomic E-state index is -1.14. The van der Waals surface area contributed by atoms with Gasteiger partial charge >= 0.3 is 6.03 Å². The van der Waals surface area contributed by atoms with Crippen molar-refractivity contribution in [3.05, 3.63) is 52.5 Å². The van der Waals surface area contributed by atoms with Crippen molar-refractivity contribution < 1.29 is 18.8 Å². The number of amides is 4. The van der Waals surface area contributed by atoms with Gasteiger partial charge in [-0.2, -0.15) is 0 Å². The molecule has 2 fully saturated rings. The van der Waals surface area contributed by atoms with Crippen LogP contribution >= 0.6 is 0 Å². The average molecular weight is 468 g/mol. The minimum absolute atomic E-state index is 0.0539. The molecular formula is C25H30FN5O3. The van der Waals surface area contributed by atoms with Gasteiger partial charge in [0.1, 0.15) is 17.2 Å². The molecule has 8 nitrogen and oxygen atoms in total. The fraction of sp³-hybridized carbons (Fsp3) is 0.440. The molecule has 0 atom stereocenters. The van der Waals surface area contributed by atoms with E-state index in [2.05, 4.69) is 11.0 Å². The molecule has 34 heavy (non-hydrogen) atoms. The SMILES string of the molecule is Cc1cc(C)c(N2CCN(C(=O)c3ccc(N4C(=O)N(C)C(=O)C4(C)C)cc3F)CC2)nc1C. The molecule has 4 rings (SSSR count). The van der Waals surface area contributed by atoms with Gasteiger partial charge < -0.3 is 9.80 Å². The number of aryl methyl sites for hydroxylation is 3. The van der Waals surface area contributed by atoms with E-state index in [4.69, 9.17) is 4.98 Å². The average Bonchev–Trinajstić information content (AvgIpc) is 2.94. The molecule has 2 aliphatic rings. The molecule has 2 aliphatic heterocycles. The van der Waals surface area contributed by atoms with Gasteiger partial charge in [-0.1, -0.05) is 6.07 Å². The summed E-state index contributed by atoms with van der Waals surface area (Å²) in [6.45, 7) is 11.4. The molecule has 2 saturated heterocycles. The quantitative estimate of drug-likeness (QED) is 0.648. The van der Waals surface area contributed by atoms with Crippen LogP contribution in [0.4, 0.5) is 20.7 Å². The van der Waals surface area contributed by atoms with Crippen molar-refractivity contribution in [3.8, 4) is 0 Å². The Balaban J connectivity index is 1.49. The number of likely N-dealkylation sites (N-methyl/N-ethyl adjacent to an activating group) is 1. The van der Waals surface area contributed by atoms with Gasteiger partial charge in [-0.05, 0) is 63.9 Å². The molecule has 0 saturated carbocycles. The predicted octanol–water partition coefficient (Wildman–Crippen LogP) is 3.29. The second kappa shape index (κ2) is 8.38. The zero-order valence-corrected chi connectivity index (χ0v) is 20.5. The summed E-state index contributed by atoms with van der Waals surface area (Å²) in [5, 5.41) is 0. The van der Waals surface area contributed by atoms with Gasteiger partial charge in [-0.3, -0.25) is 19.4 Å². The van der Waals surface area contributed by atoms with Crippen LogP contribution in [0.25, 0.3) is 0 Å². The lowest BCUT2D eigenvalue weighted by Gasteiger charge is -2.36. The summed E-state index contributed by atoms with van der Waals surface area (Å²) in [6.07, 6.45) is 0. The highest BCUT2D eigenvalue weighted by Gasteiger charge is 2.50. The molecule has 1 aromatic heterocycles. The number of rotatable bonds is 3. The Bertz CT molecular complexity index is 1190. The lowest BCUT2D eigenvalue weighted by atomic mass is 10.0. The fourth-order valence-electron chi connectivity index (χ4n) is 4.67. The predicted molar refractivity (Wildman–Crippen MR) is 128 cm³/mol. The Hall–Kier alpha value is -3.49. The first kappa shape index (κ1) is 23.7. The number of hydrogen-bond acceptors (Lipinski definition) is 5. The van der Waals surface area contributed by atoms with Gasteiger partial charge in [0.2, 0.25) is 0 Å². The van der Waals surface area contributed by atoms with E-state index in [9.17, 15) is 14.4 Å². The lowest BCUT2D eigenvalue weighted by molar-refractivity contribution is -0.128. The molecule has 180 valence electrons. The molecule has 3 heterocycles. The number of aromatic nitrogens is 1. The van der Waals surface area contributed by atoms with E-state index < -0.39 is 23.3 Å². The van der Waals surface area contributed by atoms with Gasteiger partial charge in [-0.15, -0.1) is 0 Å². The lowest BCUT2D eigenvalue weighted by Crippen LogP contribution is -2.49. The van der Waals surface area contributed by atoms with Crippen LogP contribution in [-0.2, 0) is 4.79 Å². The fourth-order valence-corrected chi connectivity index (χ4v) is 4.67. The first-order chi connectivity index (χ1) is 15.9. The highest BCUT2D eigenvalue weighted by Crippen LogP contribution is 2.33. The summed E-state index contributed by atoms with van der Waals surface area (Å²) in [6, 6.07) is 5.64. The number of carbonyl (C=O) groups is 3. The summed E-state index contributed by atoms with van der Waals surface area (Å²) in [4.78, 5) is 48.8. The summed E-state index contributed by atoms with van der Waals surface area (Å²) in [5.74, 6) is -0.566. The third-order valence-corrected chi connectivity index (χ3v) is 6.80. The first-order valence-electron chi connectivity index (χ1n) is 11.3. The molecule has 0 radical (unpaired) electrons. The minimum Gasteiger partial charge on any atom is -0.353 e. The Morgan fingerprint density at radius 1 is 1.00 bits per heavy atom. The molecule has 0 bridgehead atoms. The van der Waals surface area contributed by atoms with Crippen molar-refractivity contribution in [3.63, 3.8) is 0 Å². The molecule has 0 aliphatic carbocycles. The number of hydrogen-bond donors (Lipinski definition) is 0. The van der Waals surface area contributed by atoms with E-state index in [0.29, 0.717) is 26.2 Å². The largest absolute Gasteiger partial charge is 0.353 e. The van der Waals surface area contributed by atoms with Gasteiger partial charge in [-0.25, -0.2) is 14.2 Å². The summed E-state index contributed by atoms with van der Waals surface area (Å²) in [7, 11) is 1.40. The van der Waals surface area contributed by atoms with Crippen LogP contribution in [0.15, 0.2) is 24.3 Å². The summed E-state index contributed by atoms with van der Waals surface area (Å²) in [5.41, 5.74) is 2.26. The van der Waals surface area contributed by atoms with Crippen LogP contribution in [-0.4, -0.2) is 71.4 Å². The number of imide groups is 1. The van der Waals surface area contributed by atoms with Crippen LogP contribution in [0, 0.1) is 26.6 Å². The maximum Gasteiger partial charge on any atom is 0.331 e. The maximum absolute atomic E-state index is 15.1. The third kappa shape index (κ3) is 3.78. The van der Waals surface area contributed by atoms with Crippen molar-refractivity contribution in [2.45, 2.75) is 40.2 Å². The van der Waals surface area contributed by atoms with Crippen LogP contribution in [0.5, 0.6) is 0 Å². The number of piperazine rings is 1. The first-order valence-corrected chi connectivity index (χ1v) is 11.3. The van der Waals surface area contributed by atoms with Gasteiger partial charge in [0.25, 0.3) is 11.8 Å². The Labute approximate surface area is 198 Å². The van der Waals surface area contributed by atoms with Crippen LogP contribution in [0.2, 0.25) is 0 Å². The van der Waals surface area contributed by atoms with E-state index in [1.807, 2.05) is 20.8 Å². The number of urea groups is 1. The van der Waals surface area contributed by atoms with Crippen molar-refractivity contribution in [2.24, 2.45) is 0 Å². The molecule has 0 spiro atoms. The van der Waals surface area contributed by atoms with Gasteiger partial charge in [0.15, 0.2) is 0 Å². The zero-order valence-electron chi connectivity index (χ0n) is 20.5. The van der Waals surface area contributed by atoms with E-state index in [1.165, 1.54) is 24.1 Å². The smallest absolute Gasteiger partial charge is 0.331 e. The van der Waals surface area contributed by atoms with E-state index >= 15 is 4.39 Å². The summed E-state index contributed by atoms with van der Waals surface area (Å²) >= 11 is 0. The Morgan fingerprint density at radius 3 is 2.21 bits per heavy atom. The maximum atomic E-state index is 15.1. The molecule has 2 aromatic rings. The van der Waals surface area contributed by atoms with E-state index in [0.717, 1.165) is 33.6 Å². The standard InChI is InChI=1S/C25H30FN5O3/c1-15-13-16(2)21(27-17(15)3)29-9-11-30(12-10-29)22(32)19-8-7-18(14-20(19)26)31-24(34)28(6)23(33)25(31,4)5/h7-8,13-14H,9-12H2,1-6H3. The van der Waals surface area contributed by atoms with Gasteiger partial charge in [0, 0.05) is 44.6 Å². The molecular weight excluding hydrogens is 437 g/mol. The highest BCUT2D eigenvalue weighted by atomic mass is 19.1. The van der Waals surface area contributed by atoms with E-state index in [1.54, 1.807) is 18.7 Å². The van der Waals surface area contributed by atoms with Crippen molar-refractivity contribution in [1.29, 1.82) is 0 Å². The topological polar surface area (TPSA) is 77.1 Å².